The molecule has 3 aromatic rings. The number of anilines is 1. The molecule has 0 bridgehead atoms. The van der Waals surface area contributed by atoms with Crippen molar-refractivity contribution in [3.63, 3.8) is 0 Å². The number of imidazole rings is 1. The van der Waals surface area contributed by atoms with Gasteiger partial charge in [0.1, 0.15) is 0 Å². The van der Waals surface area contributed by atoms with Crippen LogP contribution < -0.4 is 4.90 Å². The van der Waals surface area contributed by atoms with E-state index in [2.05, 4.69) is 36.3 Å². The van der Waals surface area contributed by atoms with E-state index in [-0.39, 0.29) is 0 Å². The normalized spacial score (nSPS) is 16.0. The van der Waals surface area contributed by atoms with Crippen molar-refractivity contribution in [2.45, 2.75) is 6.92 Å². The molecule has 0 aliphatic carbocycles. The minimum atomic E-state index is 0.751. The van der Waals surface area contributed by atoms with Gasteiger partial charge in [0.15, 0.2) is 0 Å². The number of fused-ring (bicyclic) bond motifs is 3. The van der Waals surface area contributed by atoms with Crippen LogP contribution in [0.15, 0.2) is 28.9 Å². The fourth-order valence-corrected chi connectivity index (χ4v) is 3.16. The molecule has 0 atom stereocenters. The van der Waals surface area contributed by atoms with Crippen LogP contribution in [-0.2, 0) is 4.74 Å². The van der Waals surface area contributed by atoms with E-state index in [9.17, 15) is 0 Å². The van der Waals surface area contributed by atoms with E-state index < -0.39 is 0 Å². The second kappa shape index (κ2) is 4.96. The maximum Gasteiger partial charge on any atom is 0.211 e. The van der Waals surface area contributed by atoms with E-state index in [1.165, 1.54) is 0 Å². The lowest BCUT2D eigenvalue weighted by molar-refractivity contribution is 0.122. The minimum absolute atomic E-state index is 0.751. The third-order valence-corrected chi connectivity index (χ3v) is 4.37. The summed E-state index contributed by atoms with van der Waals surface area (Å²) < 4.78 is 8.70. The molecule has 6 heteroatoms. The summed E-state index contributed by atoms with van der Waals surface area (Å²) in [7, 11) is 0. The quantitative estimate of drug-likeness (QED) is 0.679. The van der Waals surface area contributed by atoms with Gasteiger partial charge in [-0.15, -0.1) is 0 Å². The van der Waals surface area contributed by atoms with Crippen LogP contribution >= 0.6 is 15.9 Å². The average molecular weight is 347 g/mol. The van der Waals surface area contributed by atoms with Gasteiger partial charge in [-0.1, -0.05) is 15.9 Å². The van der Waals surface area contributed by atoms with E-state index in [0.29, 0.717) is 0 Å². The van der Waals surface area contributed by atoms with Crippen LogP contribution in [0.2, 0.25) is 0 Å². The third kappa shape index (κ3) is 2.10. The van der Waals surface area contributed by atoms with Crippen molar-refractivity contribution < 1.29 is 4.74 Å². The van der Waals surface area contributed by atoms with E-state index >= 15 is 0 Å². The Labute approximate surface area is 130 Å². The largest absolute Gasteiger partial charge is 0.378 e. The zero-order valence-corrected chi connectivity index (χ0v) is 13.3. The number of halogens is 1. The summed E-state index contributed by atoms with van der Waals surface area (Å²) in [5.74, 6) is 0.983. The molecule has 0 radical (unpaired) electrons. The molecule has 1 saturated heterocycles. The Kier molecular flexibility index (Phi) is 3.08. The van der Waals surface area contributed by atoms with Crippen molar-refractivity contribution >= 4 is 38.4 Å². The molecule has 108 valence electrons. The van der Waals surface area contributed by atoms with Gasteiger partial charge >= 0.3 is 0 Å². The lowest BCUT2D eigenvalue weighted by atomic mass is 10.3. The number of hydrogen-bond donors (Lipinski definition) is 0. The standard InChI is InChI=1S/C15H15BrN4O/c1-10-14-9-17-12-3-2-11(16)8-13(12)20(14)15(18-10)19-4-6-21-7-5-19/h2-3,8-9H,4-7H2,1H3. The summed E-state index contributed by atoms with van der Waals surface area (Å²) in [4.78, 5) is 11.6. The molecule has 2 aromatic heterocycles. The van der Waals surface area contributed by atoms with Crippen LogP contribution in [0.3, 0.4) is 0 Å². The van der Waals surface area contributed by atoms with Crippen molar-refractivity contribution in [1.82, 2.24) is 14.4 Å². The number of aryl methyl sites for hydroxylation is 1. The highest BCUT2D eigenvalue weighted by Gasteiger charge is 2.19. The number of nitrogens with zero attached hydrogens (tertiary/aromatic N) is 4. The Bertz CT molecular complexity index is 823. The summed E-state index contributed by atoms with van der Waals surface area (Å²) in [5, 5.41) is 0. The van der Waals surface area contributed by atoms with E-state index in [1.807, 2.05) is 25.3 Å². The van der Waals surface area contributed by atoms with Gasteiger partial charge in [-0.2, -0.15) is 0 Å². The molecule has 21 heavy (non-hydrogen) atoms. The molecule has 1 aromatic carbocycles. The predicted molar refractivity (Wildman–Crippen MR) is 86.0 cm³/mol. The Morgan fingerprint density at radius 3 is 2.81 bits per heavy atom. The SMILES string of the molecule is Cc1nc(N2CCOCC2)n2c1cnc1ccc(Br)cc12. The molecule has 1 aliphatic heterocycles. The second-order valence-electron chi connectivity index (χ2n) is 5.21. The van der Waals surface area contributed by atoms with Crippen molar-refractivity contribution in [3.8, 4) is 0 Å². The Hall–Kier alpha value is -1.66. The van der Waals surface area contributed by atoms with Gasteiger partial charge in [0.2, 0.25) is 5.95 Å². The molecule has 0 N–H and O–H groups in total. The molecule has 0 amide bonds. The first-order chi connectivity index (χ1) is 10.2. The van der Waals surface area contributed by atoms with Gasteiger partial charge in [-0.25, -0.2) is 4.98 Å². The number of aromatic nitrogens is 3. The molecule has 0 spiro atoms. The first-order valence-corrected chi connectivity index (χ1v) is 7.79. The first kappa shape index (κ1) is 13.0. The minimum Gasteiger partial charge on any atom is -0.378 e. The molecular formula is C15H15BrN4O. The van der Waals surface area contributed by atoms with Gasteiger partial charge < -0.3 is 9.64 Å². The maximum atomic E-state index is 5.45. The summed E-state index contributed by atoms with van der Waals surface area (Å²) in [6.45, 7) is 5.28. The molecular weight excluding hydrogens is 332 g/mol. The van der Waals surface area contributed by atoms with E-state index in [4.69, 9.17) is 9.72 Å². The van der Waals surface area contributed by atoms with Gasteiger partial charge in [0, 0.05) is 17.6 Å². The highest BCUT2D eigenvalue weighted by atomic mass is 79.9. The molecule has 4 rings (SSSR count). The van der Waals surface area contributed by atoms with Gasteiger partial charge in [0.25, 0.3) is 0 Å². The fourth-order valence-electron chi connectivity index (χ4n) is 2.81. The second-order valence-corrected chi connectivity index (χ2v) is 6.12. The number of rotatable bonds is 1. The summed E-state index contributed by atoms with van der Waals surface area (Å²) in [6, 6.07) is 6.14. The van der Waals surface area contributed by atoms with E-state index in [0.717, 1.165) is 59.0 Å². The Balaban J connectivity index is 2.03. The topological polar surface area (TPSA) is 42.7 Å². The molecule has 3 heterocycles. The molecule has 5 nitrogen and oxygen atoms in total. The molecule has 1 aliphatic rings. The van der Waals surface area contributed by atoms with Gasteiger partial charge in [-0.05, 0) is 25.1 Å². The highest BCUT2D eigenvalue weighted by molar-refractivity contribution is 9.10. The summed E-state index contributed by atoms with van der Waals surface area (Å²) in [5.41, 5.74) is 4.11. The molecule has 1 fully saturated rings. The third-order valence-electron chi connectivity index (χ3n) is 3.88. The number of morpholine rings is 1. The van der Waals surface area contributed by atoms with Crippen LogP contribution in [-0.4, -0.2) is 40.7 Å². The lowest BCUT2D eigenvalue weighted by Gasteiger charge is -2.27. The summed E-state index contributed by atoms with van der Waals surface area (Å²) in [6.07, 6.45) is 1.91. The number of hydrogen-bond acceptors (Lipinski definition) is 4. The predicted octanol–water partition coefficient (Wildman–Crippen LogP) is 2.79. The Morgan fingerprint density at radius 1 is 1.19 bits per heavy atom. The number of benzene rings is 1. The zero-order valence-electron chi connectivity index (χ0n) is 11.7. The lowest BCUT2D eigenvalue weighted by Crippen LogP contribution is -2.37. The highest BCUT2D eigenvalue weighted by Crippen LogP contribution is 2.27. The summed E-state index contributed by atoms with van der Waals surface area (Å²) >= 11 is 3.55. The van der Waals surface area contributed by atoms with Crippen LogP contribution in [0.1, 0.15) is 5.69 Å². The molecule has 0 saturated carbocycles. The van der Waals surface area contributed by atoms with Crippen molar-refractivity contribution in [2.75, 3.05) is 31.2 Å². The van der Waals surface area contributed by atoms with Crippen LogP contribution in [0.5, 0.6) is 0 Å². The smallest absolute Gasteiger partial charge is 0.211 e. The fraction of sp³-hybridized carbons (Fsp3) is 0.333. The van der Waals surface area contributed by atoms with Crippen LogP contribution in [0.4, 0.5) is 5.95 Å². The Morgan fingerprint density at radius 2 is 2.00 bits per heavy atom. The van der Waals surface area contributed by atoms with Gasteiger partial charge in [0.05, 0.1) is 41.7 Å². The van der Waals surface area contributed by atoms with Crippen molar-refractivity contribution in [1.29, 1.82) is 0 Å². The van der Waals surface area contributed by atoms with Crippen molar-refractivity contribution in [2.24, 2.45) is 0 Å². The number of ether oxygens (including phenoxy) is 1. The maximum absolute atomic E-state index is 5.45. The average Bonchev–Trinajstić information content (AvgIpc) is 2.86. The zero-order chi connectivity index (χ0) is 14.4. The van der Waals surface area contributed by atoms with Crippen LogP contribution in [0, 0.1) is 6.92 Å². The monoisotopic (exact) mass is 346 g/mol. The van der Waals surface area contributed by atoms with Crippen LogP contribution in [0.25, 0.3) is 16.6 Å². The first-order valence-electron chi connectivity index (χ1n) is 7.00. The van der Waals surface area contributed by atoms with Gasteiger partial charge in [-0.3, -0.25) is 9.38 Å². The molecule has 0 unspecified atom stereocenters. The van der Waals surface area contributed by atoms with Crippen molar-refractivity contribution in [3.05, 3.63) is 34.6 Å². The van der Waals surface area contributed by atoms with E-state index in [1.54, 1.807) is 0 Å².